The van der Waals surface area contributed by atoms with Crippen LogP contribution in [0.15, 0.2) is 40.7 Å². The van der Waals surface area contributed by atoms with Gasteiger partial charge in [-0.25, -0.2) is 4.79 Å². The molecule has 1 aliphatic carbocycles. The summed E-state index contributed by atoms with van der Waals surface area (Å²) in [7, 11) is 0. The number of halogens is 1. The summed E-state index contributed by atoms with van der Waals surface area (Å²) in [5.41, 5.74) is 3.33. The minimum absolute atomic E-state index is 0.0491. The van der Waals surface area contributed by atoms with Crippen LogP contribution in [-0.2, 0) is 14.3 Å². The summed E-state index contributed by atoms with van der Waals surface area (Å²) in [5.74, 6) is -0.303. The van der Waals surface area contributed by atoms with Gasteiger partial charge in [0, 0.05) is 29.3 Å². The molecule has 0 amide bonds. The molecule has 29 heavy (non-hydrogen) atoms. The summed E-state index contributed by atoms with van der Waals surface area (Å²) in [6.45, 7) is 10.4. The van der Waals surface area contributed by atoms with Crippen molar-refractivity contribution in [2.45, 2.75) is 53.4 Å². The number of ketones is 1. The van der Waals surface area contributed by atoms with Crippen LogP contribution in [0.2, 0.25) is 5.02 Å². The maximum Gasteiger partial charge on any atom is 0.336 e. The highest BCUT2D eigenvalue weighted by molar-refractivity contribution is 6.32. The Labute approximate surface area is 177 Å². The fourth-order valence-corrected chi connectivity index (χ4v) is 4.46. The number of hydrogen-bond acceptors (Lipinski definition) is 5. The number of benzene rings is 1. The topological polar surface area (TPSA) is 64.6 Å². The third-order valence-electron chi connectivity index (χ3n) is 5.32. The zero-order chi connectivity index (χ0) is 21.3. The Hall–Kier alpha value is -2.27. The van der Waals surface area contributed by atoms with E-state index in [0.717, 1.165) is 17.7 Å². The summed E-state index contributed by atoms with van der Waals surface area (Å²) in [6, 6.07) is 5.45. The van der Waals surface area contributed by atoms with Gasteiger partial charge in [0.05, 0.1) is 23.8 Å². The lowest BCUT2D eigenvalue weighted by atomic mass is 9.68. The fraction of sp³-hybridized carbons (Fsp3) is 0.478. The molecule has 5 nitrogen and oxygen atoms in total. The van der Waals surface area contributed by atoms with Crippen molar-refractivity contribution < 1.29 is 19.1 Å². The van der Waals surface area contributed by atoms with Crippen LogP contribution >= 0.6 is 11.6 Å². The molecule has 1 N–H and O–H groups in total. The molecule has 2 aliphatic rings. The predicted octanol–water partition coefficient (Wildman–Crippen LogP) is 4.91. The molecule has 0 spiro atoms. The van der Waals surface area contributed by atoms with Gasteiger partial charge in [-0.2, -0.15) is 0 Å². The second-order valence-corrected chi connectivity index (χ2v) is 8.68. The highest BCUT2D eigenvalue weighted by Crippen LogP contribution is 2.47. The number of carbonyl (C=O) groups is 2. The summed E-state index contributed by atoms with van der Waals surface area (Å²) >= 11 is 6.44. The average Bonchev–Trinajstić information content (AvgIpc) is 2.61. The molecule has 0 aromatic heterocycles. The Morgan fingerprint density at radius 1 is 1.24 bits per heavy atom. The molecule has 0 fully saturated rings. The van der Waals surface area contributed by atoms with Crippen LogP contribution in [0.4, 0.5) is 0 Å². The van der Waals surface area contributed by atoms with Crippen molar-refractivity contribution >= 4 is 23.4 Å². The molecule has 0 unspecified atom stereocenters. The van der Waals surface area contributed by atoms with Crippen molar-refractivity contribution in [2.24, 2.45) is 5.41 Å². The van der Waals surface area contributed by atoms with Crippen LogP contribution in [0.5, 0.6) is 5.75 Å². The van der Waals surface area contributed by atoms with E-state index < -0.39 is 11.9 Å². The van der Waals surface area contributed by atoms with E-state index in [-0.39, 0.29) is 17.8 Å². The lowest BCUT2D eigenvalue weighted by Crippen LogP contribution is -2.38. The number of Topliss-reactive ketones (excluding diaryl/α,β-unsaturated/α-hetero) is 1. The van der Waals surface area contributed by atoms with Crippen molar-refractivity contribution in [3.63, 3.8) is 0 Å². The molecule has 3 rings (SSSR count). The largest absolute Gasteiger partial charge is 0.492 e. The molecule has 0 bridgehead atoms. The van der Waals surface area contributed by atoms with Gasteiger partial charge < -0.3 is 14.8 Å². The number of carbonyl (C=O) groups excluding carboxylic acids is 2. The summed E-state index contributed by atoms with van der Waals surface area (Å²) in [5, 5.41) is 3.77. The van der Waals surface area contributed by atoms with Gasteiger partial charge in [0.2, 0.25) is 0 Å². The first-order chi connectivity index (χ1) is 13.7. The maximum absolute atomic E-state index is 13.2. The van der Waals surface area contributed by atoms with Crippen LogP contribution in [-0.4, -0.2) is 25.0 Å². The van der Waals surface area contributed by atoms with Gasteiger partial charge in [-0.15, -0.1) is 0 Å². The molecule has 0 saturated carbocycles. The summed E-state index contributed by atoms with van der Waals surface area (Å²) in [6.07, 6.45) is 1.17. The molecule has 0 radical (unpaired) electrons. The number of rotatable bonds is 5. The molecule has 6 heteroatoms. The number of hydrogen-bond donors (Lipinski definition) is 1. The maximum atomic E-state index is 13.2. The minimum atomic E-state index is -0.512. The Bertz CT molecular complexity index is 913. The third-order valence-corrected chi connectivity index (χ3v) is 5.62. The second kappa shape index (κ2) is 8.23. The monoisotopic (exact) mass is 417 g/mol. The number of nitrogens with one attached hydrogen (secondary N) is 1. The number of esters is 1. The SMILES string of the molecule is CCOC(=O)C1=C(C)NC2=C(C(=O)CC(C)(C)C2)[C@@H]1c1ccc(OCC)c(Cl)c1. The van der Waals surface area contributed by atoms with E-state index in [1.807, 2.05) is 19.9 Å². The van der Waals surface area contributed by atoms with Crippen LogP contribution in [0.3, 0.4) is 0 Å². The Kier molecular flexibility index (Phi) is 6.08. The van der Waals surface area contributed by atoms with Gasteiger partial charge in [0.1, 0.15) is 5.75 Å². The first-order valence-electron chi connectivity index (χ1n) is 10.0. The van der Waals surface area contributed by atoms with Gasteiger partial charge in [0.15, 0.2) is 5.78 Å². The fourth-order valence-electron chi connectivity index (χ4n) is 4.22. The van der Waals surface area contributed by atoms with Gasteiger partial charge in [-0.3, -0.25) is 4.79 Å². The molecule has 156 valence electrons. The van der Waals surface area contributed by atoms with Crippen molar-refractivity contribution in [1.82, 2.24) is 5.32 Å². The lowest BCUT2D eigenvalue weighted by molar-refractivity contribution is -0.138. The standard InChI is InChI=1S/C23H28ClNO4/c1-6-28-18-9-8-14(10-15(18)24)20-19(22(27)29-7-2)13(3)25-16-11-23(4,5)12-17(26)21(16)20/h8-10,20,25H,6-7,11-12H2,1-5H3/t20-/m1/s1. The zero-order valence-corrected chi connectivity index (χ0v) is 18.4. The number of dihydropyridines is 1. The van der Waals surface area contributed by atoms with Crippen LogP contribution in [0, 0.1) is 5.41 Å². The van der Waals surface area contributed by atoms with Crippen molar-refractivity contribution in [1.29, 1.82) is 0 Å². The molecule has 1 aliphatic heterocycles. The van der Waals surface area contributed by atoms with Crippen molar-refractivity contribution in [2.75, 3.05) is 13.2 Å². The molecular formula is C23H28ClNO4. The van der Waals surface area contributed by atoms with E-state index >= 15 is 0 Å². The predicted molar refractivity (Wildman–Crippen MR) is 113 cm³/mol. The average molecular weight is 418 g/mol. The van der Waals surface area contributed by atoms with Crippen LogP contribution < -0.4 is 10.1 Å². The Morgan fingerprint density at radius 3 is 2.59 bits per heavy atom. The van der Waals surface area contributed by atoms with E-state index in [0.29, 0.717) is 40.6 Å². The third kappa shape index (κ3) is 4.20. The van der Waals surface area contributed by atoms with E-state index in [2.05, 4.69) is 19.2 Å². The minimum Gasteiger partial charge on any atom is -0.492 e. The molecule has 0 saturated heterocycles. The number of allylic oxidation sites excluding steroid dienone is 3. The zero-order valence-electron chi connectivity index (χ0n) is 17.6. The normalized spacial score (nSPS) is 20.9. The Morgan fingerprint density at radius 2 is 1.97 bits per heavy atom. The highest BCUT2D eigenvalue weighted by Gasteiger charge is 2.43. The van der Waals surface area contributed by atoms with Gasteiger partial charge >= 0.3 is 5.97 Å². The van der Waals surface area contributed by atoms with E-state index in [1.54, 1.807) is 19.1 Å². The Balaban J connectivity index is 2.16. The van der Waals surface area contributed by atoms with E-state index in [1.165, 1.54) is 0 Å². The van der Waals surface area contributed by atoms with Crippen LogP contribution in [0.1, 0.15) is 58.9 Å². The summed E-state index contributed by atoms with van der Waals surface area (Å²) < 4.78 is 10.9. The van der Waals surface area contributed by atoms with Gasteiger partial charge in [-0.05, 0) is 50.3 Å². The van der Waals surface area contributed by atoms with E-state index in [9.17, 15) is 9.59 Å². The molecule has 1 atom stereocenters. The summed E-state index contributed by atoms with van der Waals surface area (Å²) in [4.78, 5) is 26.0. The second-order valence-electron chi connectivity index (χ2n) is 8.27. The van der Waals surface area contributed by atoms with Gasteiger partial charge in [0.25, 0.3) is 0 Å². The van der Waals surface area contributed by atoms with E-state index in [4.69, 9.17) is 21.1 Å². The highest BCUT2D eigenvalue weighted by atomic mass is 35.5. The molecule has 1 aromatic carbocycles. The van der Waals surface area contributed by atoms with Crippen molar-refractivity contribution in [3.8, 4) is 5.75 Å². The van der Waals surface area contributed by atoms with Gasteiger partial charge in [-0.1, -0.05) is 31.5 Å². The van der Waals surface area contributed by atoms with Crippen molar-refractivity contribution in [3.05, 3.63) is 51.3 Å². The van der Waals surface area contributed by atoms with Crippen LogP contribution in [0.25, 0.3) is 0 Å². The molecule has 1 aromatic rings. The molecule has 1 heterocycles. The lowest BCUT2D eigenvalue weighted by Gasteiger charge is -2.39. The molecular weight excluding hydrogens is 390 g/mol. The first kappa shape index (κ1) is 21.4. The number of ether oxygens (including phenoxy) is 2. The quantitative estimate of drug-likeness (QED) is 0.690. The first-order valence-corrected chi connectivity index (χ1v) is 10.4. The smallest absolute Gasteiger partial charge is 0.336 e.